The minimum absolute atomic E-state index is 0.139. The largest absolute Gasteiger partial charge is 0.445 e. The van der Waals surface area contributed by atoms with Crippen LogP contribution >= 0.6 is 0 Å². The average Bonchev–Trinajstić information content (AvgIpc) is 1.85. The lowest BCUT2D eigenvalue weighted by atomic mass is 9.95. The fourth-order valence-electron chi connectivity index (χ4n) is 0.758. The second-order valence-electron chi connectivity index (χ2n) is 4.22. The molecule has 0 N–H and O–H groups in total. The molecule has 73 valence electrons. The molecule has 0 rings (SSSR count). The molecule has 0 saturated carbocycles. The van der Waals surface area contributed by atoms with Crippen molar-refractivity contribution in [1.82, 2.24) is 0 Å². The summed E-state index contributed by atoms with van der Waals surface area (Å²) in [6.45, 7) is 12.6. The molecule has 0 amide bonds. The molecule has 0 aliphatic carbocycles. The lowest BCUT2D eigenvalue weighted by Gasteiger charge is -2.36. The van der Waals surface area contributed by atoms with Crippen LogP contribution in [-0.4, -0.2) is 24.6 Å². The zero-order chi connectivity index (χ0) is 9.99. The van der Waals surface area contributed by atoms with Crippen LogP contribution in [0.25, 0.3) is 0 Å². The van der Waals surface area contributed by atoms with Crippen LogP contribution in [-0.2, 0) is 8.54 Å². The highest BCUT2D eigenvalue weighted by Gasteiger charge is 2.33. The monoisotopic (exact) mass is 205 g/mol. The van der Waals surface area contributed by atoms with Crippen LogP contribution in [0.1, 0.15) is 27.7 Å². The van der Waals surface area contributed by atoms with E-state index in [0.29, 0.717) is 0 Å². The number of hydrogen-bond donors (Lipinski definition) is 0. The summed E-state index contributed by atoms with van der Waals surface area (Å²) in [5, 5.41) is 0. The summed E-state index contributed by atoms with van der Waals surface area (Å²) < 4.78 is 11.4. The Labute approximate surface area is 80.4 Å². The zero-order valence-corrected chi connectivity index (χ0v) is 12.3. The van der Waals surface area contributed by atoms with Crippen LogP contribution in [0.2, 0.25) is 13.1 Å². The van der Waals surface area contributed by atoms with E-state index < -0.39 is 8.56 Å². The Hall–Kier alpha value is 0.354. The van der Waals surface area contributed by atoms with Gasteiger partial charge in [0.2, 0.25) is 0 Å². The minimum atomic E-state index is -1.83. The molecule has 12 heavy (non-hydrogen) atoms. The molecule has 2 nitrogen and oxygen atoms in total. The molecule has 0 aromatic heterocycles. The van der Waals surface area contributed by atoms with E-state index in [1.54, 1.807) is 0 Å². The summed E-state index contributed by atoms with van der Waals surface area (Å²) >= 11 is 0. The SMILES string of the molecule is C[C](C)C(C)(C)O[Si](C)(C)O[SiH3]. The quantitative estimate of drug-likeness (QED) is 0.646. The van der Waals surface area contributed by atoms with Crippen LogP contribution < -0.4 is 0 Å². The van der Waals surface area contributed by atoms with E-state index in [2.05, 4.69) is 40.8 Å². The summed E-state index contributed by atoms with van der Waals surface area (Å²) in [6, 6.07) is 0. The Kier molecular flexibility index (Phi) is 4.16. The predicted molar refractivity (Wildman–Crippen MR) is 58.3 cm³/mol. The Bertz CT molecular complexity index is 144. The summed E-state index contributed by atoms with van der Waals surface area (Å²) in [5.41, 5.74) is -0.139. The molecule has 0 bridgehead atoms. The molecule has 0 unspecified atom stereocenters. The molecular formula is C8H21O2Si2. The van der Waals surface area contributed by atoms with E-state index in [0.717, 1.165) is 10.5 Å². The molecule has 0 aromatic rings. The van der Waals surface area contributed by atoms with Gasteiger partial charge in [0.1, 0.15) is 10.5 Å². The van der Waals surface area contributed by atoms with Gasteiger partial charge < -0.3 is 8.54 Å². The van der Waals surface area contributed by atoms with Crippen molar-refractivity contribution in [3.8, 4) is 0 Å². The van der Waals surface area contributed by atoms with Crippen LogP contribution in [0, 0.1) is 5.92 Å². The second kappa shape index (κ2) is 4.04. The van der Waals surface area contributed by atoms with Crippen molar-refractivity contribution in [3.05, 3.63) is 5.92 Å². The first kappa shape index (κ1) is 12.4. The van der Waals surface area contributed by atoms with Gasteiger partial charge in [0, 0.05) is 0 Å². The van der Waals surface area contributed by atoms with Gasteiger partial charge in [0.25, 0.3) is 0 Å². The van der Waals surface area contributed by atoms with Crippen molar-refractivity contribution in [2.75, 3.05) is 0 Å². The first-order valence-corrected chi connectivity index (χ1v) is 7.90. The molecule has 0 heterocycles. The van der Waals surface area contributed by atoms with E-state index in [1.165, 1.54) is 5.92 Å². The van der Waals surface area contributed by atoms with E-state index in [4.69, 9.17) is 8.54 Å². The second-order valence-corrected chi connectivity index (χ2v) is 8.85. The lowest BCUT2D eigenvalue weighted by molar-refractivity contribution is 0.0911. The fourth-order valence-corrected chi connectivity index (χ4v) is 2.52. The number of rotatable bonds is 4. The van der Waals surface area contributed by atoms with Gasteiger partial charge in [-0.05, 0) is 32.9 Å². The van der Waals surface area contributed by atoms with Crippen molar-refractivity contribution in [2.45, 2.75) is 46.4 Å². The Morgan fingerprint density at radius 3 is 1.92 bits per heavy atom. The predicted octanol–water partition coefficient (Wildman–Crippen LogP) is 1.39. The maximum Gasteiger partial charge on any atom is 0.321 e. The molecule has 1 radical (unpaired) electrons. The number of hydrogen-bond acceptors (Lipinski definition) is 2. The van der Waals surface area contributed by atoms with Gasteiger partial charge in [-0.15, -0.1) is 0 Å². The highest BCUT2D eigenvalue weighted by Crippen LogP contribution is 2.26. The summed E-state index contributed by atoms with van der Waals surface area (Å²) in [6.07, 6.45) is 0. The van der Waals surface area contributed by atoms with E-state index >= 15 is 0 Å². The molecule has 0 atom stereocenters. The maximum atomic E-state index is 5.95. The Balaban J connectivity index is 4.23. The third-order valence-electron chi connectivity index (χ3n) is 2.20. The first-order valence-electron chi connectivity index (χ1n) is 4.27. The van der Waals surface area contributed by atoms with Gasteiger partial charge in [0.05, 0.1) is 5.60 Å². The summed E-state index contributed by atoms with van der Waals surface area (Å²) in [5.74, 6) is 1.29. The van der Waals surface area contributed by atoms with Gasteiger partial charge in [-0.3, -0.25) is 0 Å². The standard InChI is InChI=1S/C8H21O2Si2/c1-7(2)8(3,4)9-12(5,6)10-11/h1-6,11H3. The summed E-state index contributed by atoms with van der Waals surface area (Å²) in [7, 11) is -1.07. The Morgan fingerprint density at radius 1 is 1.25 bits per heavy atom. The van der Waals surface area contributed by atoms with Crippen molar-refractivity contribution in [3.63, 3.8) is 0 Å². The van der Waals surface area contributed by atoms with E-state index in [9.17, 15) is 0 Å². The molecule has 0 aliphatic rings. The minimum Gasteiger partial charge on any atom is -0.445 e. The topological polar surface area (TPSA) is 18.5 Å². The third-order valence-corrected chi connectivity index (χ3v) is 7.13. The van der Waals surface area contributed by atoms with Crippen LogP contribution in [0.3, 0.4) is 0 Å². The van der Waals surface area contributed by atoms with Crippen molar-refractivity contribution in [2.24, 2.45) is 0 Å². The van der Waals surface area contributed by atoms with E-state index in [1.807, 2.05) is 0 Å². The lowest BCUT2D eigenvalue weighted by Crippen LogP contribution is -2.45. The van der Waals surface area contributed by atoms with E-state index in [-0.39, 0.29) is 5.60 Å². The van der Waals surface area contributed by atoms with Crippen molar-refractivity contribution >= 4 is 19.0 Å². The average molecular weight is 205 g/mol. The van der Waals surface area contributed by atoms with Gasteiger partial charge in [-0.1, -0.05) is 13.8 Å². The fraction of sp³-hybridized carbons (Fsp3) is 0.875. The van der Waals surface area contributed by atoms with Crippen LogP contribution in [0.15, 0.2) is 0 Å². The zero-order valence-electron chi connectivity index (χ0n) is 9.32. The van der Waals surface area contributed by atoms with Gasteiger partial charge in [-0.25, -0.2) is 0 Å². The third kappa shape index (κ3) is 3.84. The van der Waals surface area contributed by atoms with Crippen molar-refractivity contribution < 1.29 is 8.54 Å². The Morgan fingerprint density at radius 2 is 1.67 bits per heavy atom. The van der Waals surface area contributed by atoms with Crippen LogP contribution in [0.4, 0.5) is 0 Å². The molecule has 0 saturated heterocycles. The molecule has 0 fully saturated rings. The maximum absolute atomic E-state index is 5.95. The summed E-state index contributed by atoms with van der Waals surface area (Å²) in [4.78, 5) is 0. The van der Waals surface area contributed by atoms with Crippen LogP contribution in [0.5, 0.6) is 0 Å². The molecule has 4 heteroatoms. The highest BCUT2D eigenvalue weighted by molar-refractivity contribution is 6.67. The molecular weight excluding hydrogens is 184 g/mol. The smallest absolute Gasteiger partial charge is 0.321 e. The normalized spacial score (nSPS) is 14.2. The molecule has 0 aromatic carbocycles. The van der Waals surface area contributed by atoms with Crippen molar-refractivity contribution in [1.29, 1.82) is 0 Å². The molecule has 0 spiro atoms. The van der Waals surface area contributed by atoms with Gasteiger partial charge in [-0.2, -0.15) is 0 Å². The van der Waals surface area contributed by atoms with Gasteiger partial charge >= 0.3 is 8.56 Å². The first-order chi connectivity index (χ1) is 5.21. The molecule has 0 aliphatic heterocycles. The van der Waals surface area contributed by atoms with Gasteiger partial charge in [0.15, 0.2) is 0 Å². The highest BCUT2D eigenvalue weighted by atomic mass is 28.4.